The van der Waals surface area contributed by atoms with Crippen molar-refractivity contribution in [2.75, 3.05) is 33.4 Å². The van der Waals surface area contributed by atoms with Crippen molar-refractivity contribution in [2.24, 2.45) is 5.92 Å². The maximum atomic E-state index is 13.1. The van der Waals surface area contributed by atoms with Crippen LogP contribution in [0.1, 0.15) is 39.2 Å². The molecule has 1 saturated heterocycles. The first-order valence-electron chi connectivity index (χ1n) is 12.4. The smallest absolute Gasteiger partial charge is 0.309 e. The number of esters is 1. The summed E-state index contributed by atoms with van der Waals surface area (Å²) in [5.41, 5.74) is 4.33. The Balaban J connectivity index is 1.60. The second-order valence-electron chi connectivity index (χ2n) is 8.83. The van der Waals surface area contributed by atoms with Crippen molar-refractivity contribution in [2.45, 2.75) is 33.6 Å². The average molecular weight is 492 g/mol. The molecule has 0 spiro atoms. The van der Waals surface area contributed by atoms with E-state index in [1.807, 2.05) is 57.2 Å². The van der Waals surface area contributed by atoms with E-state index < -0.39 is 0 Å². The molecular formula is C29H33NO6. The fourth-order valence-corrected chi connectivity index (χ4v) is 4.58. The van der Waals surface area contributed by atoms with Crippen molar-refractivity contribution in [1.29, 1.82) is 0 Å². The van der Waals surface area contributed by atoms with Gasteiger partial charge in [0, 0.05) is 41.7 Å². The second kappa shape index (κ2) is 11.3. The number of allylic oxidation sites excluding steroid dienone is 1. The van der Waals surface area contributed by atoms with Crippen LogP contribution in [0.3, 0.4) is 0 Å². The van der Waals surface area contributed by atoms with Crippen LogP contribution in [0.5, 0.6) is 11.5 Å². The number of carbonyl (C=O) groups excluding carboxylic acids is 2. The van der Waals surface area contributed by atoms with E-state index in [4.69, 9.17) is 18.6 Å². The number of fused-ring (bicyclic) bond motifs is 1. The Bertz CT molecular complexity index is 1250. The molecule has 0 saturated carbocycles. The highest BCUT2D eigenvalue weighted by atomic mass is 16.5. The number of furan rings is 1. The third kappa shape index (κ3) is 5.40. The minimum atomic E-state index is -0.168. The normalized spacial score (nSPS) is 14.7. The summed E-state index contributed by atoms with van der Waals surface area (Å²) in [5.74, 6) is 1.08. The molecule has 1 aromatic heterocycles. The number of likely N-dealkylation sites (tertiary alicyclic amines) is 1. The van der Waals surface area contributed by atoms with E-state index in [1.54, 1.807) is 24.3 Å². The Kier molecular flexibility index (Phi) is 7.98. The number of piperidine rings is 1. The van der Waals surface area contributed by atoms with Gasteiger partial charge in [-0.1, -0.05) is 12.1 Å². The highest BCUT2D eigenvalue weighted by Crippen LogP contribution is 2.38. The second-order valence-corrected chi connectivity index (χ2v) is 8.83. The van der Waals surface area contributed by atoms with E-state index in [9.17, 15) is 9.59 Å². The molecule has 4 rings (SSSR count). The van der Waals surface area contributed by atoms with Crippen LogP contribution in [0.25, 0.3) is 27.7 Å². The van der Waals surface area contributed by atoms with E-state index >= 15 is 0 Å². The van der Waals surface area contributed by atoms with Crippen molar-refractivity contribution < 1.29 is 28.2 Å². The first-order valence-corrected chi connectivity index (χ1v) is 12.4. The lowest BCUT2D eigenvalue weighted by Gasteiger charge is -2.30. The first-order chi connectivity index (χ1) is 17.4. The molecule has 0 bridgehead atoms. The van der Waals surface area contributed by atoms with E-state index in [0.717, 1.165) is 33.4 Å². The van der Waals surface area contributed by atoms with Gasteiger partial charge in [-0.2, -0.15) is 0 Å². The van der Waals surface area contributed by atoms with E-state index in [-0.39, 0.29) is 17.8 Å². The van der Waals surface area contributed by atoms with Gasteiger partial charge in [0.2, 0.25) is 5.91 Å². The van der Waals surface area contributed by atoms with Crippen molar-refractivity contribution in [3.05, 3.63) is 54.3 Å². The molecule has 0 atom stereocenters. The zero-order chi connectivity index (χ0) is 25.7. The van der Waals surface area contributed by atoms with Crippen LogP contribution in [0.15, 0.2) is 53.2 Å². The predicted molar refractivity (Wildman–Crippen MR) is 139 cm³/mol. The summed E-state index contributed by atoms with van der Waals surface area (Å²) in [4.78, 5) is 26.9. The van der Waals surface area contributed by atoms with Crippen LogP contribution in [-0.2, 0) is 14.3 Å². The molecule has 1 amide bonds. The third-order valence-corrected chi connectivity index (χ3v) is 6.57. The third-order valence-electron chi connectivity index (χ3n) is 6.57. The maximum Gasteiger partial charge on any atom is 0.309 e. The molecule has 2 heterocycles. The number of benzene rings is 2. The summed E-state index contributed by atoms with van der Waals surface area (Å²) in [5, 5.41) is 0.939. The predicted octanol–water partition coefficient (Wildman–Crippen LogP) is 5.71. The summed E-state index contributed by atoms with van der Waals surface area (Å²) >= 11 is 0. The Morgan fingerprint density at radius 3 is 2.44 bits per heavy atom. The molecule has 0 radical (unpaired) electrons. The van der Waals surface area contributed by atoms with Gasteiger partial charge in [0.25, 0.3) is 0 Å². The van der Waals surface area contributed by atoms with Crippen molar-refractivity contribution >= 4 is 28.4 Å². The number of carbonyl (C=O) groups is 2. The van der Waals surface area contributed by atoms with Crippen LogP contribution in [-0.4, -0.2) is 50.2 Å². The Labute approximate surface area is 211 Å². The van der Waals surface area contributed by atoms with Crippen LogP contribution >= 0.6 is 0 Å². The van der Waals surface area contributed by atoms with E-state index in [1.165, 1.54) is 0 Å². The zero-order valence-corrected chi connectivity index (χ0v) is 21.3. The van der Waals surface area contributed by atoms with Crippen LogP contribution < -0.4 is 9.47 Å². The van der Waals surface area contributed by atoms with Crippen LogP contribution in [0.4, 0.5) is 0 Å². The molecule has 2 aromatic carbocycles. The van der Waals surface area contributed by atoms with E-state index in [0.29, 0.717) is 50.5 Å². The molecular weight excluding hydrogens is 458 g/mol. The molecule has 1 aliphatic heterocycles. The highest BCUT2D eigenvalue weighted by molar-refractivity contribution is 6.00. The maximum absolute atomic E-state index is 13.1. The molecule has 190 valence electrons. The Morgan fingerprint density at radius 1 is 1.08 bits per heavy atom. The number of amides is 1. The zero-order valence-electron chi connectivity index (χ0n) is 21.3. The number of hydrogen-bond acceptors (Lipinski definition) is 6. The van der Waals surface area contributed by atoms with Gasteiger partial charge < -0.3 is 23.5 Å². The van der Waals surface area contributed by atoms with Gasteiger partial charge in [-0.15, -0.1) is 0 Å². The monoisotopic (exact) mass is 491 g/mol. The van der Waals surface area contributed by atoms with Gasteiger partial charge in [-0.05, 0) is 62.9 Å². The largest absolute Gasteiger partial charge is 0.497 e. The van der Waals surface area contributed by atoms with Crippen molar-refractivity contribution in [1.82, 2.24) is 4.90 Å². The van der Waals surface area contributed by atoms with Gasteiger partial charge in [0.1, 0.15) is 17.1 Å². The first kappa shape index (κ1) is 25.4. The average Bonchev–Trinajstić information content (AvgIpc) is 3.31. The van der Waals surface area contributed by atoms with Gasteiger partial charge in [0.15, 0.2) is 0 Å². The minimum absolute atomic E-state index is 0.0695. The van der Waals surface area contributed by atoms with Gasteiger partial charge in [0.05, 0.1) is 32.5 Å². The number of hydrogen-bond donors (Lipinski definition) is 0. The summed E-state index contributed by atoms with van der Waals surface area (Å²) in [6.45, 7) is 7.59. The van der Waals surface area contributed by atoms with Crippen molar-refractivity contribution in [3.63, 3.8) is 0 Å². The molecule has 7 nitrogen and oxygen atoms in total. The summed E-state index contributed by atoms with van der Waals surface area (Å²) in [6.07, 6.45) is 4.63. The molecule has 1 aliphatic rings. The number of ether oxygens (including phenoxy) is 3. The summed E-state index contributed by atoms with van der Waals surface area (Å²) in [7, 11) is 1.64. The molecule has 0 aliphatic carbocycles. The number of rotatable bonds is 8. The lowest BCUT2D eigenvalue weighted by molar-refractivity contribution is -0.150. The summed E-state index contributed by atoms with van der Waals surface area (Å²) < 4.78 is 22.2. The van der Waals surface area contributed by atoms with E-state index in [2.05, 4.69) is 0 Å². The molecule has 36 heavy (non-hydrogen) atoms. The summed E-state index contributed by atoms with van der Waals surface area (Å²) in [6, 6.07) is 11.7. The lowest BCUT2D eigenvalue weighted by atomic mass is 9.96. The fraction of sp³-hybridized carbons (Fsp3) is 0.379. The van der Waals surface area contributed by atoms with Crippen LogP contribution in [0.2, 0.25) is 0 Å². The Hall–Kier alpha value is -3.74. The van der Waals surface area contributed by atoms with Crippen LogP contribution in [0, 0.1) is 5.92 Å². The number of methoxy groups -OCH3 is 1. The van der Waals surface area contributed by atoms with Gasteiger partial charge >= 0.3 is 5.97 Å². The lowest BCUT2D eigenvalue weighted by Crippen LogP contribution is -2.40. The van der Waals surface area contributed by atoms with Gasteiger partial charge in [-0.3, -0.25) is 9.59 Å². The fourth-order valence-electron chi connectivity index (χ4n) is 4.58. The number of nitrogens with zero attached hydrogens (tertiary/aromatic N) is 1. The topological polar surface area (TPSA) is 78.2 Å². The molecule has 1 fully saturated rings. The minimum Gasteiger partial charge on any atom is -0.497 e. The SMILES string of the molecule is CCOC(=O)C1CCN(C(=O)/C=C(\C)c2cc3c(-c4ccc(OC)cc4)coc3cc2OCC)CC1. The Morgan fingerprint density at radius 2 is 1.81 bits per heavy atom. The molecule has 7 heteroatoms. The molecule has 0 unspecified atom stereocenters. The van der Waals surface area contributed by atoms with Gasteiger partial charge in [-0.25, -0.2) is 0 Å². The molecule has 3 aromatic rings. The molecule has 0 N–H and O–H groups in total. The van der Waals surface area contributed by atoms with Crippen molar-refractivity contribution in [3.8, 4) is 22.6 Å². The standard InChI is InChI=1S/C29H33NO6/c1-5-34-26-17-27-24(25(18-36-27)20-7-9-22(33-4)10-8-20)16-23(26)19(3)15-28(31)30-13-11-21(12-14-30)29(32)35-6-2/h7-10,15-18,21H,5-6,11-14H2,1-4H3/b19-15+. The quantitative estimate of drug-likeness (QED) is 0.297. The highest BCUT2D eigenvalue weighted by Gasteiger charge is 2.27.